The first-order valence-corrected chi connectivity index (χ1v) is 7.88. The Morgan fingerprint density at radius 1 is 1.27 bits per heavy atom. The number of aromatic nitrogens is 1. The second-order valence-corrected chi connectivity index (χ2v) is 6.71. The Bertz CT molecular complexity index is 806. The maximum atomic E-state index is 13.1. The number of aryl methyl sites for hydroxylation is 1. The summed E-state index contributed by atoms with van der Waals surface area (Å²) >= 11 is 6.25. The molecule has 0 atom stereocenters. The number of amides is 1. The summed E-state index contributed by atoms with van der Waals surface area (Å²) in [5.41, 5.74) is 3.84. The van der Waals surface area contributed by atoms with Crippen LogP contribution in [0.3, 0.4) is 0 Å². The number of halogens is 1. The SMILES string of the molecule is Cc1cc(/C=C2\SC(=S)NC2=O)c(C)n1-c1ccc(F)cc1. The van der Waals surface area contributed by atoms with Crippen LogP contribution in [0, 0.1) is 19.7 Å². The van der Waals surface area contributed by atoms with Crippen LogP contribution in [0.5, 0.6) is 0 Å². The van der Waals surface area contributed by atoms with Gasteiger partial charge in [0.1, 0.15) is 10.1 Å². The summed E-state index contributed by atoms with van der Waals surface area (Å²) in [6, 6.07) is 8.34. The van der Waals surface area contributed by atoms with Crippen LogP contribution in [0.4, 0.5) is 4.39 Å². The van der Waals surface area contributed by atoms with E-state index < -0.39 is 0 Å². The Morgan fingerprint density at radius 2 is 1.95 bits per heavy atom. The van der Waals surface area contributed by atoms with Crippen molar-refractivity contribution in [2.45, 2.75) is 13.8 Å². The van der Waals surface area contributed by atoms with E-state index in [9.17, 15) is 9.18 Å². The predicted molar refractivity (Wildman–Crippen MR) is 91.5 cm³/mol. The van der Waals surface area contributed by atoms with Crippen LogP contribution in [0.2, 0.25) is 0 Å². The Labute approximate surface area is 137 Å². The van der Waals surface area contributed by atoms with Crippen molar-refractivity contribution in [2.24, 2.45) is 0 Å². The number of nitrogens with zero attached hydrogens (tertiary/aromatic N) is 1. The lowest BCUT2D eigenvalue weighted by Gasteiger charge is -2.09. The van der Waals surface area contributed by atoms with Gasteiger partial charge in [-0.2, -0.15) is 0 Å². The summed E-state index contributed by atoms with van der Waals surface area (Å²) in [5.74, 6) is -0.428. The van der Waals surface area contributed by atoms with Gasteiger partial charge in [-0.3, -0.25) is 4.79 Å². The molecule has 2 heterocycles. The molecule has 1 fully saturated rings. The molecular weight excluding hydrogens is 319 g/mol. The molecule has 1 N–H and O–H groups in total. The number of thiocarbonyl (C=S) groups is 1. The van der Waals surface area contributed by atoms with E-state index in [-0.39, 0.29) is 11.7 Å². The van der Waals surface area contributed by atoms with Crippen LogP contribution >= 0.6 is 24.0 Å². The number of rotatable bonds is 2. The van der Waals surface area contributed by atoms with Gasteiger partial charge in [0.05, 0.1) is 4.91 Å². The molecule has 0 saturated carbocycles. The van der Waals surface area contributed by atoms with Gasteiger partial charge in [0.15, 0.2) is 0 Å². The second-order valence-electron chi connectivity index (χ2n) is 4.99. The summed E-state index contributed by atoms with van der Waals surface area (Å²) in [5, 5.41) is 2.60. The van der Waals surface area contributed by atoms with Crippen LogP contribution in [-0.4, -0.2) is 14.8 Å². The van der Waals surface area contributed by atoms with Gasteiger partial charge in [0, 0.05) is 17.1 Å². The van der Waals surface area contributed by atoms with Gasteiger partial charge < -0.3 is 9.88 Å². The quantitative estimate of drug-likeness (QED) is 0.672. The molecule has 1 aliphatic heterocycles. The van der Waals surface area contributed by atoms with Gasteiger partial charge in [-0.05, 0) is 55.8 Å². The molecule has 0 radical (unpaired) electrons. The fourth-order valence-electron chi connectivity index (χ4n) is 2.48. The number of carbonyl (C=O) groups is 1. The first kappa shape index (κ1) is 15.0. The van der Waals surface area contributed by atoms with Crippen molar-refractivity contribution >= 4 is 40.3 Å². The van der Waals surface area contributed by atoms with Gasteiger partial charge >= 0.3 is 0 Å². The fourth-order valence-corrected chi connectivity index (χ4v) is 3.52. The molecule has 1 amide bonds. The average molecular weight is 332 g/mol. The largest absolute Gasteiger partial charge is 0.318 e. The smallest absolute Gasteiger partial charge is 0.263 e. The normalized spacial score (nSPS) is 16.4. The Hall–Kier alpha value is -1.92. The molecule has 0 aliphatic carbocycles. The zero-order chi connectivity index (χ0) is 15.9. The molecule has 3 nitrogen and oxygen atoms in total. The van der Waals surface area contributed by atoms with Crippen LogP contribution in [0.15, 0.2) is 35.2 Å². The number of benzene rings is 1. The van der Waals surface area contributed by atoms with E-state index in [1.807, 2.05) is 30.6 Å². The van der Waals surface area contributed by atoms with Crippen LogP contribution in [0.25, 0.3) is 11.8 Å². The van der Waals surface area contributed by atoms with Gasteiger partial charge in [-0.1, -0.05) is 24.0 Å². The topological polar surface area (TPSA) is 34.0 Å². The monoisotopic (exact) mass is 332 g/mol. The lowest BCUT2D eigenvalue weighted by molar-refractivity contribution is -0.115. The number of thioether (sulfide) groups is 1. The number of hydrogen-bond donors (Lipinski definition) is 1. The highest BCUT2D eigenvalue weighted by molar-refractivity contribution is 8.26. The zero-order valence-electron chi connectivity index (χ0n) is 12.0. The molecule has 3 rings (SSSR count). The summed E-state index contributed by atoms with van der Waals surface area (Å²) in [7, 11) is 0. The van der Waals surface area contributed by atoms with E-state index in [0.717, 1.165) is 22.6 Å². The van der Waals surface area contributed by atoms with E-state index in [1.165, 1.54) is 23.9 Å². The number of carbonyl (C=O) groups excluding carboxylic acids is 1. The van der Waals surface area contributed by atoms with E-state index >= 15 is 0 Å². The Balaban J connectivity index is 2.04. The molecule has 1 aliphatic rings. The first-order chi connectivity index (χ1) is 10.5. The van der Waals surface area contributed by atoms with Crippen LogP contribution in [-0.2, 0) is 4.79 Å². The van der Waals surface area contributed by atoms with Crippen LogP contribution < -0.4 is 5.32 Å². The summed E-state index contributed by atoms with van der Waals surface area (Å²) in [6.45, 7) is 3.95. The summed E-state index contributed by atoms with van der Waals surface area (Å²) < 4.78 is 15.6. The van der Waals surface area contributed by atoms with E-state index in [0.29, 0.717) is 9.23 Å². The van der Waals surface area contributed by atoms with Crippen molar-refractivity contribution in [3.05, 3.63) is 58.0 Å². The number of hydrogen-bond acceptors (Lipinski definition) is 3. The van der Waals surface area contributed by atoms with Crippen molar-refractivity contribution in [3.8, 4) is 5.69 Å². The van der Waals surface area contributed by atoms with Crippen molar-refractivity contribution < 1.29 is 9.18 Å². The summed E-state index contributed by atoms with van der Waals surface area (Å²) in [4.78, 5) is 12.4. The Morgan fingerprint density at radius 3 is 2.55 bits per heavy atom. The van der Waals surface area contributed by atoms with E-state index in [2.05, 4.69) is 5.32 Å². The minimum Gasteiger partial charge on any atom is -0.318 e. The van der Waals surface area contributed by atoms with Crippen molar-refractivity contribution in [3.63, 3.8) is 0 Å². The fraction of sp³-hybridized carbons (Fsp3) is 0.125. The molecule has 1 aromatic carbocycles. The van der Waals surface area contributed by atoms with Crippen molar-refractivity contribution in [1.29, 1.82) is 0 Å². The highest BCUT2D eigenvalue weighted by Crippen LogP contribution is 2.29. The highest BCUT2D eigenvalue weighted by Gasteiger charge is 2.22. The minimum atomic E-state index is -0.263. The molecule has 6 heteroatoms. The predicted octanol–water partition coefficient (Wildman–Crippen LogP) is 3.72. The molecule has 0 bridgehead atoms. The maximum absolute atomic E-state index is 13.1. The van der Waals surface area contributed by atoms with E-state index in [4.69, 9.17) is 12.2 Å². The van der Waals surface area contributed by atoms with Gasteiger partial charge in [0.2, 0.25) is 0 Å². The number of nitrogens with one attached hydrogen (secondary N) is 1. The standard InChI is InChI=1S/C16H13FN2OS2/c1-9-7-11(8-14-15(20)18-16(21)22-14)10(2)19(9)13-5-3-12(17)4-6-13/h3-8H,1-2H3,(H,18,20,21)/b14-8-. The van der Waals surface area contributed by atoms with Gasteiger partial charge in [0.25, 0.3) is 5.91 Å². The van der Waals surface area contributed by atoms with Crippen LogP contribution in [0.1, 0.15) is 17.0 Å². The molecule has 2 aromatic rings. The average Bonchev–Trinajstić information content (AvgIpc) is 2.92. The lowest BCUT2D eigenvalue weighted by atomic mass is 10.2. The molecule has 1 saturated heterocycles. The maximum Gasteiger partial charge on any atom is 0.263 e. The Kier molecular flexibility index (Phi) is 3.88. The highest BCUT2D eigenvalue weighted by atomic mass is 32.2. The third kappa shape index (κ3) is 2.71. The van der Waals surface area contributed by atoms with Gasteiger partial charge in [-0.25, -0.2) is 4.39 Å². The van der Waals surface area contributed by atoms with E-state index in [1.54, 1.807) is 12.1 Å². The zero-order valence-corrected chi connectivity index (χ0v) is 13.6. The van der Waals surface area contributed by atoms with Gasteiger partial charge in [-0.15, -0.1) is 0 Å². The van der Waals surface area contributed by atoms with Crippen molar-refractivity contribution in [1.82, 2.24) is 9.88 Å². The summed E-state index contributed by atoms with van der Waals surface area (Å²) in [6.07, 6.45) is 1.83. The third-order valence-corrected chi connectivity index (χ3v) is 4.65. The third-order valence-electron chi connectivity index (χ3n) is 3.48. The molecule has 1 aromatic heterocycles. The molecule has 22 heavy (non-hydrogen) atoms. The first-order valence-electron chi connectivity index (χ1n) is 6.65. The molecule has 0 spiro atoms. The van der Waals surface area contributed by atoms with Crippen molar-refractivity contribution in [2.75, 3.05) is 0 Å². The second kappa shape index (κ2) is 5.70. The molecule has 112 valence electrons. The molecular formula is C16H13FN2OS2. The lowest BCUT2D eigenvalue weighted by Crippen LogP contribution is -2.17. The minimum absolute atomic E-state index is 0.165. The molecule has 0 unspecified atom stereocenters.